The molecule has 0 unspecified atom stereocenters. The van der Waals surface area contributed by atoms with Crippen molar-refractivity contribution in [1.82, 2.24) is 14.5 Å². The zero-order valence-corrected chi connectivity index (χ0v) is 18.4. The zero-order chi connectivity index (χ0) is 21.4. The first-order chi connectivity index (χ1) is 15.1. The van der Waals surface area contributed by atoms with Gasteiger partial charge in [0, 0.05) is 28.2 Å². The van der Waals surface area contributed by atoms with Crippen LogP contribution >= 0.6 is 11.8 Å². The predicted octanol–water partition coefficient (Wildman–Crippen LogP) is 5.67. The fourth-order valence-electron chi connectivity index (χ4n) is 4.73. The number of carbonyl (C=O) groups excluding carboxylic acids is 1. The summed E-state index contributed by atoms with van der Waals surface area (Å²) in [6.07, 6.45) is 5.45. The number of nitrogens with zero attached hydrogens (tertiary/aromatic N) is 2. The highest BCUT2D eigenvalue weighted by Gasteiger charge is 2.23. The Bertz CT molecular complexity index is 1330. The molecule has 0 atom stereocenters. The van der Waals surface area contributed by atoms with Gasteiger partial charge in [0.15, 0.2) is 10.9 Å². The third-order valence-corrected chi connectivity index (χ3v) is 7.17. The van der Waals surface area contributed by atoms with Crippen LogP contribution in [0.5, 0.6) is 0 Å². The molecule has 1 saturated carbocycles. The SMILES string of the molecule is Cc1[nH]c2ccccc2c1C(=O)CSc1nc2ccccc2c(=O)n1C1CCCCC1. The molecule has 0 aliphatic heterocycles. The van der Waals surface area contributed by atoms with Gasteiger partial charge in [-0.2, -0.15) is 0 Å². The van der Waals surface area contributed by atoms with E-state index in [2.05, 4.69) is 4.98 Å². The zero-order valence-electron chi connectivity index (χ0n) is 17.6. The van der Waals surface area contributed by atoms with E-state index in [-0.39, 0.29) is 23.1 Å². The summed E-state index contributed by atoms with van der Waals surface area (Å²) in [5.74, 6) is 0.303. The number of ketones is 1. The maximum atomic E-state index is 13.4. The average molecular weight is 432 g/mol. The maximum absolute atomic E-state index is 13.4. The summed E-state index contributed by atoms with van der Waals surface area (Å²) in [4.78, 5) is 34.7. The molecule has 6 heteroatoms. The molecule has 4 aromatic rings. The Morgan fingerprint density at radius 3 is 2.58 bits per heavy atom. The second kappa shape index (κ2) is 8.35. The topological polar surface area (TPSA) is 67.8 Å². The molecule has 0 saturated heterocycles. The number of H-pyrrole nitrogens is 1. The van der Waals surface area contributed by atoms with Crippen molar-refractivity contribution in [1.29, 1.82) is 0 Å². The summed E-state index contributed by atoms with van der Waals surface area (Å²) >= 11 is 1.38. The Morgan fingerprint density at radius 1 is 1.06 bits per heavy atom. The van der Waals surface area contributed by atoms with Gasteiger partial charge in [0.2, 0.25) is 0 Å². The van der Waals surface area contributed by atoms with Gasteiger partial charge in [0.1, 0.15) is 0 Å². The van der Waals surface area contributed by atoms with E-state index in [4.69, 9.17) is 4.98 Å². The molecule has 0 spiro atoms. The minimum atomic E-state index is 0.00993. The lowest BCUT2D eigenvalue weighted by atomic mass is 9.95. The van der Waals surface area contributed by atoms with Gasteiger partial charge in [-0.15, -0.1) is 0 Å². The van der Waals surface area contributed by atoms with Crippen LogP contribution in [-0.4, -0.2) is 26.1 Å². The Morgan fingerprint density at radius 2 is 1.77 bits per heavy atom. The van der Waals surface area contributed by atoms with Crippen molar-refractivity contribution in [2.75, 3.05) is 5.75 Å². The molecule has 1 N–H and O–H groups in total. The largest absolute Gasteiger partial charge is 0.358 e. The Kier molecular flexibility index (Phi) is 5.40. The first kappa shape index (κ1) is 20.1. The number of benzene rings is 2. The van der Waals surface area contributed by atoms with Gasteiger partial charge in [0.05, 0.1) is 16.7 Å². The number of hydrogen-bond donors (Lipinski definition) is 1. The number of aryl methyl sites for hydroxylation is 1. The molecule has 31 heavy (non-hydrogen) atoms. The van der Waals surface area contributed by atoms with Crippen molar-refractivity contribution in [3.8, 4) is 0 Å². The predicted molar refractivity (Wildman–Crippen MR) is 126 cm³/mol. The van der Waals surface area contributed by atoms with Crippen LogP contribution in [0.15, 0.2) is 58.5 Å². The molecule has 1 aliphatic rings. The molecule has 1 aliphatic carbocycles. The number of carbonyl (C=O) groups is 1. The van der Waals surface area contributed by atoms with Crippen LogP contribution in [-0.2, 0) is 0 Å². The number of aromatic nitrogens is 3. The van der Waals surface area contributed by atoms with Gasteiger partial charge >= 0.3 is 0 Å². The van der Waals surface area contributed by atoms with Crippen LogP contribution in [0, 0.1) is 6.92 Å². The third kappa shape index (κ3) is 3.69. The van der Waals surface area contributed by atoms with Crippen LogP contribution < -0.4 is 5.56 Å². The molecular formula is C25H25N3O2S. The highest BCUT2D eigenvalue weighted by atomic mass is 32.2. The van der Waals surface area contributed by atoms with Crippen molar-refractivity contribution in [3.63, 3.8) is 0 Å². The van der Waals surface area contributed by atoms with Crippen molar-refractivity contribution >= 4 is 39.4 Å². The highest BCUT2D eigenvalue weighted by Crippen LogP contribution is 2.32. The first-order valence-corrected chi connectivity index (χ1v) is 11.9. The molecule has 158 valence electrons. The summed E-state index contributed by atoms with van der Waals surface area (Å²) < 4.78 is 1.86. The molecule has 0 radical (unpaired) electrons. The third-order valence-electron chi connectivity index (χ3n) is 6.22. The average Bonchev–Trinajstić information content (AvgIpc) is 3.14. The van der Waals surface area contributed by atoms with Crippen LogP contribution in [0.3, 0.4) is 0 Å². The minimum Gasteiger partial charge on any atom is -0.358 e. The van der Waals surface area contributed by atoms with Crippen molar-refractivity contribution in [2.24, 2.45) is 0 Å². The van der Waals surface area contributed by atoms with E-state index in [1.807, 2.05) is 60.0 Å². The van der Waals surface area contributed by atoms with E-state index >= 15 is 0 Å². The van der Waals surface area contributed by atoms with Crippen LogP contribution in [0.2, 0.25) is 0 Å². The second-order valence-corrected chi connectivity index (χ2v) is 9.20. The van der Waals surface area contributed by atoms with Gasteiger partial charge in [-0.1, -0.05) is 61.4 Å². The molecule has 0 amide bonds. The van der Waals surface area contributed by atoms with Crippen molar-refractivity contribution in [2.45, 2.75) is 50.2 Å². The van der Waals surface area contributed by atoms with Crippen LogP contribution in [0.4, 0.5) is 0 Å². The Balaban J connectivity index is 1.51. The number of fused-ring (bicyclic) bond motifs is 2. The lowest BCUT2D eigenvalue weighted by Crippen LogP contribution is -2.29. The molecule has 2 aromatic heterocycles. The molecule has 5 rings (SSSR count). The van der Waals surface area contributed by atoms with E-state index < -0.39 is 0 Å². The monoisotopic (exact) mass is 431 g/mol. The fraction of sp³-hybridized carbons (Fsp3) is 0.320. The van der Waals surface area contributed by atoms with Crippen molar-refractivity contribution in [3.05, 3.63) is 70.1 Å². The normalized spacial score (nSPS) is 15.0. The first-order valence-electron chi connectivity index (χ1n) is 10.9. The van der Waals surface area contributed by atoms with E-state index in [1.54, 1.807) is 0 Å². The van der Waals surface area contributed by atoms with E-state index in [9.17, 15) is 9.59 Å². The molecular weight excluding hydrogens is 406 g/mol. The van der Waals surface area contributed by atoms with Gasteiger partial charge in [0.25, 0.3) is 5.56 Å². The summed E-state index contributed by atoms with van der Waals surface area (Å²) in [5.41, 5.74) is 3.28. The molecule has 2 heterocycles. The summed E-state index contributed by atoms with van der Waals surface area (Å²) in [5, 5.41) is 2.25. The summed E-state index contributed by atoms with van der Waals surface area (Å²) in [6, 6.07) is 15.5. The van der Waals surface area contributed by atoms with Gasteiger partial charge in [-0.3, -0.25) is 14.2 Å². The standard InChI is InChI=1S/C25H25N3O2S/c1-16-23(18-11-5-7-13-20(18)26-16)22(29)15-31-25-27-21-14-8-6-12-19(21)24(30)28(25)17-9-3-2-4-10-17/h5-8,11-14,17,26H,2-4,9-10,15H2,1H3. The fourth-order valence-corrected chi connectivity index (χ4v) is 5.67. The second-order valence-electron chi connectivity index (χ2n) is 8.26. The quantitative estimate of drug-likeness (QED) is 0.251. The lowest BCUT2D eigenvalue weighted by Gasteiger charge is -2.26. The van der Waals surface area contributed by atoms with Gasteiger partial charge in [-0.05, 0) is 38.0 Å². The van der Waals surface area contributed by atoms with Gasteiger partial charge in [-0.25, -0.2) is 4.98 Å². The molecule has 2 aromatic carbocycles. The highest BCUT2D eigenvalue weighted by molar-refractivity contribution is 7.99. The molecule has 5 nitrogen and oxygen atoms in total. The smallest absolute Gasteiger partial charge is 0.262 e. The number of hydrogen-bond acceptors (Lipinski definition) is 4. The molecule has 0 bridgehead atoms. The lowest BCUT2D eigenvalue weighted by molar-refractivity contribution is 0.102. The number of nitrogens with one attached hydrogen (secondary N) is 1. The Labute approximate surface area is 184 Å². The summed E-state index contributed by atoms with van der Waals surface area (Å²) in [6.45, 7) is 1.93. The number of aromatic amines is 1. The maximum Gasteiger partial charge on any atom is 0.262 e. The Hall–Kier alpha value is -2.86. The molecule has 1 fully saturated rings. The number of para-hydroxylation sites is 2. The van der Waals surface area contributed by atoms with E-state index in [0.717, 1.165) is 47.8 Å². The van der Waals surface area contributed by atoms with E-state index in [1.165, 1.54) is 18.2 Å². The summed E-state index contributed by atoms with van der Waals surface area (Å²) in [7, 11) is 0. The number of Topliss-reactive ketones (excluding diaryl/α,β-unsaturated/α-hetero) is 1. The van der Waals surface area contributed by atoms with E-state index in [0.29, 0.717) is 16.1 Å². The number of rotatable bonds is 5. The van der Waals surface area contributed by atoms with Crippen LogP contribution in [0.1, 0.15) is 54.2 Å². The van der Waals surface area contributed by atoms with Crippen LogP contribution in [0.25, 0.3) is 21.8 Å². The van der Waals surface area contributed by atoms with Gasteiger partial charge < -0.3 is 4.98 Å². The number of thioether (sulfide) groups is 1. The minimum absolute atomic E-state index is 0.00993. The van der Waals surface area contributed by atoms with Crippen molar-refractivity contribution < 1.29 is 4.79 Å².